The van der Waals surface area contributed by atoms with E-state index in [1.165, 1.54) is 6.07 Å². The Morgan fingerprint density at radius 2 is 1.85 bits per heavy atom. The predicted octanol–water partition coefficient (Wildman–Crippen LogP) is 3.89. The number of thiophene rings is 1. The van der Waals surface area contributed by atoms with Crippen molar-refractivity contribution in [3.8, 4) is 0 Å². The van der Waals surface area contributed by atoms with Crippen LogP contribution in [-0.2, 0) is 16.6 Å². The van der Waals surface area contributed by atoms with Crippen molar-refractivity contribution in [1.29, 1.82) is 0 Å². The second-order valence-corrected chi connectivity index (χ2v) is 9.97. The number of carbonyl (C=O) groups is 1. The third-order valence-corrected chi connectivity index (χ3v) is 7.88. The van der Waals surface area contributed by atoms with Crippen LogP contribution in [0.15, 0.2) is 40.6 Å². The molecule has 1 aliphatic heterocycles. The van der Waals surface area contributed by atoms with Crippen LogP contribution in [0, 0.1) is 6.92 Å². The summed E-state index contributed by atoms with van der Waals surface area (Å²) >= 11 is 1.62. The first-order chi connectivity index (χ1) is 12.9. The lowest BCUT2D eigenvalue weighted by molar-refractivity contribution is 0.0786. The van der Waals surface area contributed by atoms with Crippen molar-refractivity contribution < 1.29 is 13.2 Å². The molecule has 1 amide bonds. The van der Waals surface area contributed by atoms with E-state index in [0.29, 0.717) is 25.2 Å². The van der Waals surface area contributed by atoms with E-state index in [4.69, 9.17) is 0 Å². The second-order valence-electron chi connectivity index (χ2n) is 7.03. The van der Waals surface area contributed by atoms with Gasteiger partial charge < -0.3 is 4.90 Å². The highest BCUT2D eigenvalue weighted by atomic mass is 32.2. The summed E-state index contributed by atoms with van der Waals surface area (Å²) in [5, 5.41) is 2.01. The molecule has 146 valence electrons. The van der Waals surface area contributed by atoms with E-state index in [0.717, 1.165) is 36.1 Å². The van der Waals surface area contributed by atoms with Crippen molar-refractivity contribution >= 4 is 27.3 Å². The van der Waals surface area contributed by atoms with E-state index in [9.17, 15) is 13.2 Å². The van der Waals surface area contributed by atoms with Gasteiger partial charge in [0.25, 0.3) is 5.91 Å². The first-order valence-electron chi connectivity index (χ1n) is 9.28. The molecule has 1 aromatic carbocycles. The number of hydrogen-bond donors (Lipinski definition) is 0. The van der Waals surface area contributed by atoms with Crippen LogP contribution in [0.1, 0.15) is 46.5 Å². The highest BCUT2D eigenvalue weighted by Crippen LogP contribution is 2.22. The fourth-order valence-corrected chi connectivity index (χ4v) is 5.82. The van der Waals surface area contributed by atoms with Crippen molar-refractivity contribution in [3.05, 3.63) is 51.7 Å². The van der Waals surface area contributed by atoms with Gasteiger partial charge in [-0.15, -0.1) is 11.3 Å². The van der Waals surface area contributed by atoms with Gasteiger partial charge in [-0.3, -0.25) is 4.79 Å². The van der Waals surface area contributed by atoms with Crippen LogP contribution in [0.2, 0.25) is 0 Å². The van der Waals surface area contributed by atoms with Gasteiger partial charge in [0.2, 0.25) is 10.0 Å². The normalized spacial score (nSPS) is 16.1. The summed E-state index contributed by atoms with van der Waals surface area (Å²) in [6, 6.07) is 8.47. The van der Waals surface area contributed by atoms with Crippen LogP contribution in [-0.4, -0.2) is 43.7 Å². The molecule has 3 rings (SSSR count). The molecule has 0 aliphatic carbocycles. The molecule has 7 heteroatoms. The molecule has 27 heavy (non-hydrogen) atoms. The average Bonchev–Trinajstić information content (AvgIpc) is 2.90. The van der Waals surface area contributed by atoms with Gasteiger partial charge in [-0.25, -0.2) is 8.42 Å². The monoisotopic (exact) mass is 406 g/mol. The van der Waals surface area contributed by atoms with Gasteiger partial charge in [-0.05, 0) is 55.0 Å². The molecular weight excluding hydrogens is 380 g/mol. The lowest BCUT2D eigenvalue weighted by Gasteiger charge is -2.21. The maximum atomic E-state index is 13.0. The SMILES string of the molecule is Cc1ccsc1CN(C)C(=O)c1cccc(S(=O)(=O)N2CCCCCC2)c1. The van der Waals surface area contributed by atoms with Crippen LogP contribution in [0.25, 0.3) is 0 Å². The molecule has 0 unspecified atom stereocenters. The van der Waals surface area contributed by atoms with E-state index in [-0.39, 0.29) is 10.8 Å². The summed E-state index contributed by atoms with van der Waals surface area (Å²) in [4.78, 5) is 15.8. The summed E-state index contributed by atoms with van der Waals surface area (Å²) in [6.45, 7) is 3.65. The van der Waals surface area contributed by atoms with Crippen LogP contribution in [0.5, 0.6) is 0 Å². The number of hydrogen-bond acceptors (Lipinski definition) is 4. The smallest absolute Gasteiger partial charge is 0.253 e. The van der Waals surface area contributed by atoms with Gasteiger partial charge in [0.15, 0.2) is 0 Å². The zero-order valence-electron chi connectivity index (χ0n) is 15.8. The summed E-state index contributed by atoms with van der Waals surface area (Å²) in [6.07, 6.45) is 3.91. The van der Waals surface area contributed by atoms with E-state index in [1.54, 1.807) is 45.8 Å². The number of aryl methyl sites for hydroxylation is 1. The number of carbonyl (C=O) groups excluding carboxylic acids is 1. The molecule has 0 bridgehead atoms. The highest BCUT2D eigenvalue weighted by Gasteiger charge is 2.26. The van der Waals surface area contributed by atoms with E-state index in [1.807, 2.05) is 18.4 Å². The molecule has 1 fully saturated rings. The highest BCUT2D eigenvalue weighted by molar-refractivity contribution is 7.89. The van der Waals surface area contributed by atoms with Gasteiger partial charge >= 0.3 is 0 Å². The van der Waals surface area contributed by atoms with Crippen molar-refractivity contribution in [3.63, 3.8) is 0 Å². The standard InChI is InChI=1S/C20H26N2O3S2/c1-16-10-13-26-19(16)15-21(2)20(23)17-8-7-9-18(14-17)27(24,25)22-11-5-3-4-6-12-22/h7-10,13-14H,3-6,11-12,15H2,1-2H3. The Labute approximate surface area is 165 Å². The molecule has 0 atom stereocenters. The van der Waals surface area contributed by atoms with Crippen molar-refractivity contribution in [2.24, 2.45) is 0 Å². The first-order valence-corrected chi connectivity index (χ1v) is 11.6. The van der Waals surface area contributed by atoms with Crippen molar-refractivity contribution in [2.45, 2.75) is 44.0 Å². The molecule has 0 N–H and O–H groups in total. The van der Waals surface area contributed by atoms with Gasteiger partial charge in [0.05, 0.1) is 11.4 Å². The third-order valence-electron chi connectivity index (χ3n) is 4.98. The van der Waals surface area contributed by atoms with Crippen LogP contribution in [0.4, 0.5) is 0 Å². The summed E-state index contributed by atoms with van der Waals surface area (Å²) in [5.74, 6) is -0.171. The number of nitrogens with zero attached hydrogens (tertiary/aromatic N) is 2. The maximum absolute atomic E-state index is 13.0. The minimum absolute atomic E-state index is 0.171. The quantitative estimate of drug-likeness (QED) is 0.757. The molecule has 2 aromatic rings. The average molecular weight is 407 g/mol. The number of sulfonamides is 1. The number of benzene rings is 1. The third kappa shape index (κ3) is 4.59. The van der Waals surface area contributed by atoms with Crippen LogP contribution in [0.3, 0.4) is 0 Å². The van der Waals surface area contributed by atoms with Crippen LogP contribution < -0.4 is 0 Å². The molecule has 5 nitrogen and oxygen atoms in total. The van der Waals surface area contributed by atoms with Crippen molar-refractivity contribution in [1.82, 2.24) is 9.21 Å². The Morgan fingerprint density at radius 3 is 2.48 bits per heavy atom. The van der Waals surface area contributed by atoms with Gasteiger partial charge in [-0.1, -0.05) is 18.9 Å². The maximum Gasteiger partial charge on any atom is 0.253 e. The molecule has 1 saturated heterocycles. The fraction of sp³-hybridized carbons (Fsp3) is 0.450. The Kier molecular flexibility index (Phi) is 6.34. The molecule has 0 radical (unpaired) electrons. The van der Waals surface area contributed by atoms with Crippen molar-refractivity contribution in [2.75, 3.05) is 20.1 Å². The molecular formula is C20H26N2O3S2. The van der Waals surface area contributed by atoms with Gasteiger partial charge in [-0.2, -0.15) is 4.31 Å². The molecule has 0 spiro atoms. The number of amides is 1. The zero-order chi connectivity index (χ0) is 19.4. The lowest BCUT2D eigenvalue weighted by atomic mass is 10.2. The first kappa shape index (κ1) is 20.0. The topological polar surface area (TPSA) is 57.7 Å². The Bertz CT molecular complexity index is 897. The molecule has 1 aliphatic rings. The van der Waals surface area contributed by atoms with Gasteiger partial charge in [0.1, 0.15) is 0 Å². The minimum Gasteiger partial charge on any atom is -0.337 e. The largest absolute Gasteiger partial charge is 0.337 e. The molecule has 2 heterocycles. The Morgan fingerprint density at radius 1 is 1.15 bits per heavy atom. The zero-order valence-corrected chi connectivity index (χ0v) is 17.5. The minimum atomic E-state index is -3.56. The Balaban J connectivity index is 1.80. The van der Waals surface area contributed by atoms with Crippen LogP contribution >= 0.6 is 11.3 Å². The predicted molar refractivity (Wildman–Crippen MR) is 109 cm³/mol. The van der Waals surface area contributed by atoms with E-state index >= 15 is 0 Å². The Hall–Kier alpha value is -1.70. The number of rotatable bonds is 5. The summed E-state index contributed by atoms with van der Waals surface area (Å²) < 4.78 is 27.5. The fourth-order valence-electron chi connectivity index (χ4n) is 3.29. The summed E-state index contributed by atoms with van der Waals surface area (Å²) in [7, 11) is -1.81. The molecule has 1 aromatic heterocycles. The van der Waals surface area contributed by atoms with E-state index < -0.39 is 10.0 Å². The molecule has 0 saturated carbocycles. The second kappa shape index (κ2) is 8.54. The summed E-state index contributed by atoms with van der Waals surface area (Å²) in [5.41, 5.74) is 1.57. The van der Waals surface area contributed by atoms with E-state index in [2.05, 4.69) is 0 Å². The van der Waals surface area contributed by atoms with Gasteiger partial charge in [0, 0.05) is 30.6 Å². The lowest BCUT2D eigenvalue weighted by Crippen LogP contribution is -2.32.